The topological polar surface area (TPSA) is 87.0 Å². The summed E-state index contributed by atoms with van der Waals surface area (Å²) in [7, 11) is -4.09. The van der Waals surface area contributed by atoms with Gasteiger partial charge >= 0.3 is 0 Å². The number of para-hydroxylation sites is 1. The third-order valence-corrected chi connectivity index (χ3v) is 2.75. The van der Waals surface area contributed by atoms with Gasteiger partial charge in [0, 0.05) is 0 Å². The van der Waals surface area contributed by atoms with Gasteiger partial charge in [-0.25, -0.2) is 5.01 Å². The number of benzene rings is 1. The maximum absolute atomic E-state index is 10.6. The Bertz CT molecular complexity index is 472. The van der Waals surface area contributed by atoms with Crippen molar-refractivity contribution in [1.82, 2.24) is 0 Å². The van der Waals surface area contributed by atoms with E-state index < -0.39 is 15.9 Å². The highest BCUT2D eigenvalue weighted by Crippen LogP contribution is 2.19. The van der Waals surface area contributed by atoms with Gasteiger partial charge in [0.05, 0.1) is 23.3 Å². The number of aryl methyl sites for hydroxylation is 1. The Kier molecular flexibility index (Phi) is 3.97. The molecule has 0 aliphatic heterocycles. The fourth-order valence-corrected chi connectivity index (χ4v) is 1.66. The lowest BCUT2D eigenvalue weighted by Gasteiger charge is -2.16. The lowest BCUT2D eigenvalue weighted by Crippen LogP contribution is -2.24. The molecule has 0 aliphatic rings. The van der Waals surface area contributed by atoms with Crippen LogP contribution in [0.4, 0.5) is 5.69 Å². The van der Waals surface area contributed by atoms with E-state index in [1.807, 2.05) is 0 Å². The van der Waals surface area contributed by atoms with Crippen molar-refractivity contribution in [2.24, 2.45) is 5.29 Å². The normalized spacial score (nSPS) is 11.1. The van der Waals surface area contributed by atoms with Crippen LogP contribution in [0, 0.1) is 11.8 Å². The van der Waals surface area contributed by atoms with Crippen molar-refractivity contribution in [3.05, 3.63) is 34.7 Å². The van der Waals surface area contributed by atoms with Crippen LogP contribution in [0.2, 0.25) is 0 Å². The molecule has 1 N–H and O–H groups in total. The molecule has 1 aromatic rings. The van der Waals surface area contributed by atoms with Crippen molar-refractivity contribution in [2.75, 3.05) is 17.3 Å². The largest absolute Gasteiger partial charge is 0.285 e. The highest BCUT2D eigenvalue weighted by molar-refractivity contribution is 7.85. The highest BCUT2D eigenvalue weighted by atomic mass is 32.2. The molecule has 0 bridgehead atoms. The summed E-state index contributed by atoms with van der Waals surface area (Å²) in [6.45, 7) is 1.61. The Balaban J connectivity index is 2.84. The molecular formula is C9H12N2O4S. The predicted molar refractivity (Wildman–Crippen MR) is 60.7 cm³/mol. The molecule has 0 saturated carbocycles. The van der Waals surface area contributed by atoms with Crippen LogP contribution in [-0.4, -0.2) is 25.3 Å². The summed E-state index contributed by atoms with van der Waals surface area (Å²) in [5.41, 5.74) is 1.33. The second kappa shape index (κ2) is 5.04. The summed E-state index contributed by atoms with van der Waals surface area (Å²) >= 11 is 0. The van der Waals surface area contributed by atoms with Crippen LogP contribution in [0.25, 0.3) is 0 Å². The summed E-state index contributed by atoms with van der Waals surface area (Å²) < 4.78 is 29.7. The van der Waals surface area contributed by atoms with Crippen molar-refractivity contribution in [1.29, 1.82) is 0 Å². The third-order valence-electron chi connectivity index (χ3n) is 2.05. The predicted octanol–water partition coefficient (Wildman–Crippen LogP) is 1.37. The van der Waals surface area contributed by atoms with Crippen molar-refractivity contribution < 1.29 is 13.0 Å². The van der Waals surface area contributed by atoms with Gasteiger partial charge in [0.15, 0.2) is 0 Å². The Labute approximate surface area is 93.6 Å². The van der Waals surface area contributed by atoms with Crippen LogP contribution in [0.5, 0.6) is 0 Å². The van der Waals surface area contributed by atoms with Crippen LogP contribution < -0.4 is 5.01 Å². The summed E-state index contributed by atoms with van der Waals surface area (Å²) in [5, 5.41) is 3.73. The van der Waals surface area contributed by atoms with Gasteiger partial charge in [-0.05, 0) is 18.6 Å². The first-order valence-electron chi connectivity index (χ1n) is 4.55. The number of hydrogen-bond donors (Lipinski definition) is 1. The zero-order valence-corrected chi connectivity index (χ0v) is 9.51. The number of nitroso groups, excluding NO2 is 1. The van der Waals surface area contributed by atoms with Gasteiger partial charge in [-0.2, -0.15) is 8.42 Å². The van der Waals surface area contributed by atoms with E-state index in [1.54, 1.807) is 31.2 Å². The van der Waals surface area contributed by atoms with Gasteiger partial charge in [0.25, 0.3) is 10.1 Å². The van der Waals surface area contributed by atoms with E-state index in [9.17, 15) is 13.3 Å². The van der Waals surface area contributed by atoms with Gasteiger partial charge in [-0.15, -0.1) is 4.91 Å². The average Bonchev–Trinajstić information content (AvgIpc) is 2.20. The van der Waals surface area contributed by atoms with E-state index in [2.05, 4.69) is 5.29 Å². The molecular weight excluding hydrogens is 232 g/mol. The van der Waals surface area contributed by atoms with Crippen molar-refractivity contribution >= 4 is 15.8 Å². The van der Waals surface area contributed by atoms with Gasteiger partial charge in [0.1, 0.15) is 0 Å². The van der Waals surface area contributed by atoms with E-state index in [4.69, 9.17) is 4.55 Å². The summed E-state index contributed by atoms with van der Waals surface area (Å²) in [5.74, 6) is -0.535. The standard InChI is InChI=1S/C9H12N2O4S/c1-8-4-2-3-5-9(8)11(10-12)6-7-16(13,14)15/h2-5H,6-7H2,1H3,(H,13,14,15). The molecule has 0 atom stereocenters. The molecule has 1 aromatic carbocycles. The van der Waals surface area contributed by atoms with Gasteiger partial charge < -0.3 is 0 Å². The van der Waals surface area contributed by atoms with E-state index >= 15 is 0 Å². The molecule has 0 saturated heterocycles. The minimum Gasteiger partial charge on any atom is -0.285 e. The second-order valence-electron chi connectivity index (χ2n) is 3.28. The fraction of sp³-hybridized carbons (Fsp3) is 0.333. The van der Waals surface area contributed by atoms with Crippen molar-refractivity contribution in [3.63, 3.8) is 0 Å². The molecule has 6 nitrogen and oxygen atoms in total. The Morgan fingerprint density at radius 3 is 2.50 bits per heavy atom. The Hall–Kier alpha value is -1.47. The highest BCUT2D eigenvalue weighted by Gasteiger charge is 2.13. The number of nitrogens with zero attached hydrogens (tertiary/aromatic N) is 2. The Morgan fingerprint density at radius 1 is 1.38 bits per heavy atom. The summed E-state index contributed by atoms with van der Waals surface area (Å²) in [6, 6.07) is 6.94. The number of rotatable bonds is 5. The van der Waals surface area contributed by atoms with Crippen molar-refractivity contribution in [2.45, 2.75) is 6.92 Å². The van der Waals surface area contributed by atoms with E-state index in [0.717, 1.165) is 10.6 Å². The van der Waals surface area contributed by atoms with E-state index in [0.29, 0.717) is 5.69 Å². The average molecular weight is 244 g/mol. The number of hydrogen-bond acceptors (Lipinski definition) is 4. The van der Waals surface area contributed by atoms with Crippen LogP contribution >= 0.6 is 0 Å². The van der Waals surface area contributed by atoms with Crippen LogP contribution in [-0.2, 0) is 10.1 Å². The van der Waals surface area contributed by atoms with Gasteiger partial charge in [-0.3, -0.25) is 4.55 Å². The molecule has 0 heterocycles. The first-order chi connectivity index (χ1) is 7.44. The maximum atomic E-state index is 10.6. The molecule has 16 heavy (non-hydrogen) atoms. The molecule has 88 valence electrons. The maximum Gasteiger partial charge on any atom is 0.266 e. The monoisotopic (exact) mass is 244 g/mol. The quantitative estimate of drug-likeness (QED) is 0.480. The fourth-order valence-electron chi connectivity index (χ4n) is 1.26. The second-order valence-corrected chi connectivity index (χ2v) is 4.85. The molecule has 0 spiro atoms. The zero-order valence-electron chi connectivity index (χ0n) is 8.70. The van der Waals surface area contributed by atoms with Crippen LogP contribution in [0.15, 0.2) is 29.6 Å². The zero-order chi connectivity index (χ0) is 12.2. The lowest BCUT2D eigenvalue weighted by molar-refractivity contribution is 0.482. The summed E-state index contributed by atoms with van der Waals surface area (Å²) in [4.78, 5) is 10.6. The molecule has 0 aliphatic carbocycles. The molecule has 0 unspecified atom stereocenters. The van der Waals surface area contributed by atoms with Gasteiger partial charge in [0.2, 0.25) is 0 Å². The first kappa shape index (κ1) is 12.6. The van der Waals surface area contributed by atoms with E-state index in [-0.39, 0.29) is 6.54 Å². The van der Waals surface area contributed by atoms with Crippen LogP contribution in [0.3, 0.4) is 0 Å². The van der Waals surface area contributed by atoms with Gasteiger partial charge in [-0.1, -0.05) is 18.2 Å². The Morgan fingerprint density at radius 2 is 2.00 bits per heavy atom. The first-order valence-corrected chi connectivity index (χ1v) is 6.16. The van der Waals surface area contributed by atoms with E-state index in [1.165, 1.54) is 0 Å². The molecule has 0 radical (unpaired) electrons. The molecule has 7 heteroatoms. The minimum absolute atomic E-state index is 0.173. The number of anilines is 1. The van der Waals surface area contributed by atoms with Crippen molar-refractivity contribution in [3.8, 4) is 0 Å². The molecule has 1 rings (SSSR count). The summed E-state index contributed by atoms with van der Waals surface area (Å²) in [6.07, 6.45) is 0. The van der Waals surface area contributed by atoms with Crippen LogP contribution in [0.1, 0.15) is 5.56 Å². The lowest BCUT2D eigenvalue weighted by atomic mass is 10.2. The molecule has 0 aromatic heterocycles. The smallest absolute Gasteiger partial charge is 0.266 e. The minimum atomic E-state index is -4.09. The third kappa shape index (κ3) is 3.59. The SMILES string of the molecule is Cc1ccccc1N(CCS(=O)(=O)O)N=O. The molecule has 0 fully saturated rings. The molecule has 0 amide bonds.